The van der Waals surface area contributed by atoms with E-state index in [1.165, 1.54) is 0 Å². The van der Waals surface area contributed by atoms with E-state index in [9.17, 15) is 4.21 Å². The van der Waals surface area contributed by atoms with Gasteiger partial charge < -0.3 is 4.74 Å². The van der Waals surface area contributed by atoms with Gasteiger partial charge in [-0.2, -0.15) is 0 Å². The molecule has 0 aromatic carbocycles. The van der Waals surface area contributed by atoms with E-state index >= 15 is 0 Å². The van der Waals surface area contributed by atoms with Crippen molar-refractivity contribution in [3.05, 3.63) is 18.5 Å². The number of aromatic nitrogens is 1. The van der Waals surface area contributed by atoms with Crippen molar-refractivity contribution < 1.29 is 8.95 Å². The third kappa shape index (κ3) is 2.01. The molecular weight excluding hydrogens is 162 g/mol. The summed E-state index contributed by atoms with van der Waals surface area (Å²) in [5, 5.41) is 0. The molecule has 3 nitrogen and oxygen atoms in total. The Bertz CT molecular complexity index is 275. The van der Waals surface area contributed by atoms with Gasteiger partial charge in [-0.05, 0) is 6.07 Å². The Kier molecular flexibility index (Phi) is 2.59. The van der Waals surface area contributed by atoms with Crippen LogP contribution in [0, 0.1) is 0 Å². The van der Waals surface area contributed by atoms with Crippen molar-refractivity contribution in [3.63, 3.8) is 0 Å². The maximum absolute atomic E-state index is 10.9. The van der Waals surface area contributed by atoms with E-state index in [1.807, 2.05) is 0 Å². The average molecular weight is 171 g/mol. The fraction of sp³-hybridized carbons (Fsp3) is 0.286. The lowest BCUT2D eigenvalue weighted by molar-refractivity contribution is 0.411. The summed E-state index contributed by atoms with van der Waals surface area (Å²) in [5.41, 5.74) is 0. The molecule has 0 bridgehead atoms. The van der Waals surface area contributed by atoms with Crippen LogP contribution in [0.25, 0.3) is 0 Å². The van der Waals surface area contributed by atoms with Gasteiger partial charge >= 0.3 is 0 Å². The Morgan fingerprint density at radius 2 is 2.27 bits per heavy atom. The molecule has 4 heteroatoms. The van der Waals surface area contributed by atoms with Crippen LogP contribution in [0.2, 0.25) is 0 Å². The maximum Gasteiger partial charge on any atom is 0.138 e. The number of ether oxygens (including phenoxy) is 1. The molecule has 0 aliphatic carbocycles. The second kappa shape index (κ2) is 3.48. The SMILES string of the molecule is COc1cncc(S(C)=O)c1. The zero-order valence-corrected chi connectivity index (χ0v) is 7.22. The number of pyridine rings is 1. The summed E-state index contributed by atoms with van der Waals surface area (Å²) >= 11 is 0. The third-order valence-corrected chi connectivity index (χ3v) is 2.14. The first-order valence-electron chi connectivity index (χ1n) is 3.06. The van der Waals surface area contributed by atoms with Crippen LogP contribution >= 0.6 is 0 Å². The molecule has 0 fully saturated rings. The molecule has 1 atom stereocenters. The van der Waals surface area contributed by atoms with E-state index in [2.05, 4.69) is 4.98 Å². The first-order chi connectivity index (χ1) is 5.24. The zero-order chi connectivity index (χ0) is 8.27. The van der Waals surface area contributed by atoms with Crippen LogP contribution in [0.5, 0.6) is 5.75 Å². The van der Waals surface area contributed by atoms with Crippen LogP contribution < -0.4 is 4.74 Å². The van der Waals surface area contributed by atoms with Crippen LogP contribution in [0.3, 0.4) is 0 Å². The third-order valence-electron chi connectivity index (χ3n) is 1.26. The molecule has 0 aliphatic heterocycles. The van der Waals surface area contributed by atoms with Crippen molar-refractivity contribution in [3.8, 4) is 5.75 Å². The maximum atomic E-state index is 10.9. The van der Waals surface area contributed by atoms with Crippen molar-refractivity contribution in [2.75, 3.05) is 13.4 Å². The number of methoxy groups -OCH3 is 1. The van der Waals surface area contributed by atoms with Crippen LogP contribution in [-0.4, -0.2) is 22.6 Å². The summed E-state index contributed by atoms with van der Waals surface area (Å²) in [6, 6.07) is 1.71. The molecule has 0 aliphatic rings. The average Bonchev–Trinajstić information content (AvgIpc) is 2.05. The van der Waals surface area contributed by atoms with E-state index < -0.39 is 10.8 Å². The van der Waals surface area contributed by atoms with E-state index in [4.69, 9.17) is 4.74 Å². The van der Waals surface area contributed by atoms with E-state index in [0.717, 1.165) is 0 Å². The predicted octanol–water partition coefficient (Wildman–Crippen LogP) is 0.828. The number of nitrogens with zero attached hydrogens (tertiary/aromatic N) is 1. The largest absolute Gasteiger partial charge is 0.495 e. The van der Waals surface area contributed by atoms with Crippen LogP contribution in [0.1, 0.15) is 0 Å². The normalized spacial score (nSPS) is 12.5. The zero-order valence-electron chi connectivity index (χ0n) is 6.40. The van der Waals surface area contributed by atoms with Crippen LogP contribution in [-0.2, 0) is 10.8 Å². The molecule has 0 saturated carbocycles. The Morgan fingerprint density at radius 1 is 1.55 bits per heavy atom. The fourth-order valence-electron chi connectivity index (χ4n) is 0.668. The molecule has 0 amide bonds. The van der Waals surface area contributed by atoms with Crippen molar-refractivity contribution >= 4 is 10.8 Å². The first-order valence-corrected chi connectivity index (χ1v) is 4.62. The van der Waals surface area contributed by atoms with Gasteiger partial charge in [0.05, 0.1) is 29.0 Å². The lowest BCUT2D eigenvalue weighted by Gasteiger charge is -1.99. The topological polar surface area (TPSA) is 39.2 Å². The van der Waals surface area contributed by atoms with Crippen LogP contribution in [0.15, 0.2) is 23.4 Å². The first kappa shape index (κ1) is 8.20. The molecule has 0 saturated heterocycles. The van der Waals surface area contributed by atoms with Gasteiger partial charge in [0, 0.05) is 12.5 Å². The molecule has 0 radical (unpaired) electrons. The highest BCUT2D eigenvalue weighted by atomic mass is 32.2. The molecule has 1 unspecified atom stereocenters. The summed E-state index contributed by atoms with van der Waals surface area (Å²) in [4.78, 5) is 4.54. The quantitative estimate of drug-likeness (QED) is 0.661. The van der Waals surface area contributed by atoms with Gasteiger partial charge in [0.1, 0.15) is 5.75 Å². The highest BCUT2D eigenvalue weighted by Crippen LogP contribution is 2.12. The smallest absolute Gasteiger partial charge is 0.138 e. The van der Waals surface area contributed by atoms with Crippen molar-refractivity contribution in [1.82, 2.24) is 4.98 Å². The molecule has 1 rings (SSSR count). The van der Waals surface area contributed by atoms with Gasteiger partial charge in [-0.25, -0.2) is 0 Å². The monoisotopic (exact) mass is 171 g/mol. The number of hydrogen-bond acceptors (Lipinski definition) is 3. The second-order valence-corrected chi connectivity index (χ2v) is 3.39. The highest BCUT2D eigenvalue weighted by Gasteiger charge is 1.98. The summed E-state index contributed by atoms with van der Waals surface area (Å²) in [6.07, 6.45) is 4.76. The lowest BCUT2D eigenvalue weighted by Crippen LogP contribution is -1.90. The van der Waals surface area contributed by atoms with Gasteiger partial charge in [-0.1, -0.05) is 0 Å². The fourth-order valence-corrected chi connectivity index (χ4v) is 1.16. The summed E-state index contributed by atoms with van der Waals surface area (Å²) < 4.78 is 15.8. The Balaban J connectivity index is 3.01. The van der Waals surface area contributed by atoms with E-state index in [1.54, 1.807) is 31.8 Å². The number of hydrogen-bond donors (Lipinski definition) is 0. The minimum Gasteiger partial charge on any atom is -0.495 e. The van der Waals surface area contributed by atoms with Crippen molar-refractivity contribution in [2.45, 2.75) is 4.90 Å². The second-order valence-electron chi connectivity index (χ2n) is 2.01. The lowest BCUT2D eigenvalue weighted by atomic mass is 10.5. The van der Waals surface area contributed by atoms with E-state index in [-0.39, 0.29) is 0 Å². The molecule has 0 N–H and O–H groups in total. The van der Waals surface area contributed by atoms with Crippen molar-refractivity contribution in [1.29, 1.82) is 0 Å². The van der Waals surface area contributed by atoms with Crippen molar-refractivity contribution in [2.24, 2.45) is 0 Å². The highest BCUT2D eigenvalue weighted by molar-refractivity contribution is 7.84. The minimum atomic E-state index is -0.983. The summed E-state index contributed by atoms with van der Waals surface area (Å²) in [7, 11) is 0.572. The van der Waals surface area contributed by atoms with Gasteiger partial charge in [-0.15, -0.1) is 0 Å². The number of rotatable bonds is 2. The van der Waals surface area contributed by atoms with Gasteiger partial charge in [0.25, 0.3) is 0 Å². The standard InChI is InChI=1S/C7H9NO2S/c1-10-6-3-7(11(2)9)5-8-4-6/h3-5H,1-2H3. The molecule has 1 heterocycles. The Hall–Kier alpha value is -0.900. The van der Waals surface area contributed by atoms with E-state index in [0.29, 0.717) is 10.6 Å². The molecule has 1 aromatic rings. The van der Waals surface area contributed by atoms with Gasteiger partial charge in [0.2, 0.25) is 0 Å². The van der Waals surface area contributed by atoms with Gasteiger partial charge in [0.15, 0.2) is 0 Å². The summed E-state index contributed by atoms with van der Waals surface area (Å²) in [6.45, 7) is 0. The molecule has 0 spiro atoms. The van der Waals surface area contributed by atoms with Crippen LogP contribution in [0.4, 0.5) is 0 Å². The molecule has 11 heavy (non-hydrogen) atoms. The Morgan fingerprint density at radius 3 is 2.82 bits per heavy atom. The summed E-state index contributed by atoms with van der Waals surface area (Å²) in [5.74, 6) is 0.637. The molecule has 60 valence electrons. The predicted molar refractivity (Wildman–Crippen MR) is 43.1 cm³/mol. The molecular formula is C7H9NO2S. The molecule has 1 aromatic heterocycles. The minimum absolute atomic E-state index is 0.637. The Labute approximate surface area is 67.9 Å². The van der Waals surface area contributed by atoms with Gasteiger partial charge in [-0.3, -0.25) is 9.19 Å².